The van der Waals surface area contributed by atoms with Crippen molar-refractivity contribution in [2.75, 3.05) is 0 Å². The van der Waals surface area contributed by atoms with Crippen molar-refractivity contribution in [1.29, 1.82) is 0 Å². The van der Waals surface area contributed by atoms with Gasteiger partial charge in [0.05, 0.1) is 0 Å². The minimum atomic E-state index is 0.200. The Hall–Kier alpha value is -0.150. The van der Waals surface area contributed by atoms with E-state index in [1.54, 1.807) is 0 Å². The molecule has 0 N–H and O–H groups in total. The summed E-state index contributed by atoms with van der Waals surface area (Å²) in [4.78, 5) is 0. The van der Waals surface area contributed by atoms with Crippen molar-refractivity contribution < 1.29 is 0 Å². The molecule has 0 aliphatic rings. The third kappa shape index (κ3) is 2.93. The molecule has 8 heavy (non-hydrogen) atoms. The highest BCUT2D eigenvalue weighted by atomic mass is 35.5. The molecule has 0 saturated heterocycles. The molecule has 0 bridgehead atoms. The molecule has 0 aliphatic carbocycles. The summed E-state index contributed by atoms with van der Waals surface area (Å²) in [6.45, 7) is 4.01. The van der Waals surface area contributed by atoms with E-state index in [4.69, 9.17) is 18.0 Å². The summed E-state index contributed by atoms with van der Waals surface area (Å²) >= 11 is 5.71. The van der Waals surface area contributed by atoms with Crippen LogP contribution in [0.15, 0.2) is 0 Å². The summed E-state index contributed by atoms with van der Waals surface area (Å²) in [5, 5.41) is 0.200. The average Bonchev–Trinajstić information content (AvgIpc) is 1.67. The number of terminal acetylenes is 1. The fraction of sp³-hybridized carbons (Fsp3) is 0.714. The zero-order valence-corrected chi connectivity index (χ0v) is 6.07. The Labute approximate surface area is 56.2 Å². The van der Waals surface area contributed by atoms with Crippen LogP contribution in [0.25, 0.3) is 0 Å². The van der Waals surface area contributed by atoms with Crippen LogP contribution in [0.3, 0.4) is 0 Å². The van der Waals surface area contributed by atoms with E-state index in [0.29, 0.717) is 5.92 Å². The van der Waals surface area contributed by atoms with Crippen LogP contribution in [0.4, 0.5) is 0 Å². The lowest BCUT2D eigenvalue weighted by molar-refractivity contribution is 0.589. The Balaban J connectivity index is 3.35. The van der Waals surface area contributed by atoms with Crippen LogP contribution < -0.4 is 0 Å². The van der Waals surface area contributed by atoms with E-state index in [1.807, 2.05) is 6.92 Å². The summed E-state index contributed by atoms with van der Waals surface area (Å²) < 4.78 is 0. The van der Waals surface area contributed by atoms with Gasteiger partial charge in [-0.1, -0.05) is 6.92 Å². The second-order valence-corrected chi connectivity index (χ2v) is 2.75. The molecule has 0 heterocycles. The van der Waals surface area contributed by atoms with Crippen LogP contribution >= 0.6 is 11.6 Å². The monoisotopic (exact) mass is 130 g/mol. The maximum absolute atomic E-state index is 5.71. The van der Waals surface area contributed by atoms with E-state index in [1.165, 1.54) is 0 Å². The predicted octanol–water partition coefficient (Wildman–Crippen LogP) is 2.27. The predicted molar refractivity (Wildman–Crippen MR) is 37.9 cm³/mol. The minimum Gasteiger partial charge on any atom is -0.123 e. The molecule has 0 amide bonds. The molecule has 0 radical (unpaired) electrons. The highest BCUT2D eigenvalue weighted by Crippen LogP contribution is 2.11. The Morgan fingerprint density at radius 3 is 2.25 bits per heavy atom. The molecule has 2 unspecified atom stereocenters. The van der Waals surface area contributed by atoms with Crippen molar-refractivity contribution in [3.63, 3.8) is 0 Å². The number of alkyl halides is 1. The van der Waals surface area contributed by atoms with E-state index in [9.17, 15) is 0 Å². The zero-order chi connectivity index (χ0) is 6.57. The summed E-state index contributed by atoms with van der Waals surface area (Å²) in [6.07, 6.45) is 5.84. The van der Waals surface area contributed by atoms with E-state index in [2.05, 4.69) is 12.8 Å². The van der Waals surface area contributed by atoms with E-state index in [-0.39, 0.29) is 5.38 Å². The number of halogens is 1. The van der Waals surface area contributed by atoms with Crippen LogP contribution in [-0.4, -0.2) is 5.38 Å². The van der Waals surface area contributed by atoms with Gasteiger partial charge in [-0.3, -0.25) is 0 Å². The number of rotatable bonds is 2. The Kier molecular flexibility index (Phi) is 3.73. The highest BCUT2D eigenvalue weighted by Gasteiger charge is 2.05. The first-order chi connectivity index (χ1) is 3.68. The number of hydrogen-bond acceptors (Lipinski definition) is 0. The molecule has 1 heteroatoms. The second-order valence-electron chi connectivity index (χ2n) is 2.06. The van der Waals surface area contributed by atoms with Crippen molar-refractivity contribution >= 4 is 11.6 Å². The molecule has 46 valence electrons. The Morgan fingerprint density at radius 2 is 2.12 bits per heavy atom. The summed E-state index contributed by atoms with van der Waals surface area (Å²) in [7, 11) is 0. The Morgan fingerprint density at radius 1 is 1.62 bits per heavy atom. The van der Waals surface area contributed by atoms with Gasteiger partial charge in [-0.15, -0.1) is 23.9 Å². The van der Waals surface area contributed by atoms with Crippen molar-refractivity contribution in [3.8, 4) is 12.3 Å². The van der Waals surface area contributed by atoms with Crippen LogP contribution in [0.1, 0.15) is 20.3 Å². The number of hydrogen-bond donors (Lipinski definition) is 0. The molecule has 0 saturated carbocycles. The largest absolute Gasteiger partial charge is 0.123 e. The molecule has 0 rings (SSSR count). The van der Waals surface area contributed by atoms with Gasteiger partial charge in [-0.05, 0) is 12.8 Å². The molecule has 0 aromatic rings. The first kappa shape index (κ1) is 7.85. The van der Waals surface area contributed by atoms with E-state index >= 15 is 0 Å². The fourth-order valence-electron chi connectivity index (χ4n) is 0.348. The molecule has 0 fully saturated rings. The van der Waals surface area contributed by atoms with Crippen molar-refractivity contribution in [2.24, 2.45) is 5.92 Å². The van der Waals surface area contributed by atoms with Crippen LogP contribution in [0, 0.1) is 18.3 Å². The molecule has 0 aliphatic heterocycles. The van der Waals surface area contributed by atoms with Gasteiger partial charge >= 0.3 is 0 Å². The maximum Gasteiger partial charge on any atom is 0.0342 e. The van der Waals surface area contributed by atoms with Crippen molar-refractivity contribution in [2.45, 2.75) is 25.6 Å². The van der Waals surface area contributed by atoms with Gasteiger partial charge in [0.1, 0.15) is 0 Å². The summed E-state index contributed by atoms with van der Waals surface area (Å²) in [6, 6.07) is 0. The fourth-order valence-corrected chi connectivity index (χ4v) is 0.437. The lowest BCUT2D eigenvalue weighted by atomic mass is 10.1. The molecule has 0 aromatic carbocycles. The first-order valence-electron chi connectivity index (χ1n) is 2.76. The third-order valence-corrected chi connectivity index (χ3v) is 1.65. The standard InChI is InChI=1S/C7H11Cl/c1-4-5-6(2)7(3)8/h1,6-7H,5H2,2-3H3. The smallest absolute Gasteiger partial charge is 0.0342 e. The molecule has 0 nitrogen and oxygen atoms in total. The lowest BCUT2D eigenvalue weighted by Crippen LogP contribution is -2.04. The zero-order valence-electron chi connectivity index (χ0n) is 5.32. The SMILES string of the molecule is C#CCC(C)C(C)Cl. The van der Waals surface area contributed by atoms with Gasteiger partial charge in [-0.25, -0.2) is 0 Å². The quantitative estimate of drug-likeness (QED) is 0.398. The van der Waals surface area contributed by atoms with Gasteiger partial charge in [0.2, 0.25) is 0 Å². The van der Waals surface area contributed by atoms with Crippen LogP contribution in [0.2, 0.25) is 0 Å². The van der Waals surface area contributed by atoms with Gasteiger partial charge in [0.15, 0.2) is 0 Å². The summed E-state index contributed by atoms with van der Waals surface area (Å²) in [5.41, 5.74) is 0. The average molecular weight is 131 g/mol. The normalized spacial score (nSPS) is 16.8. The highest BCUT2D eigenvalue weighted by molar-refractivity contribution is 6.20. The van der Waals surface area contributed by atoms with Crippen LogP contribution in [-0.2, 0) is 0 Å². The third-order valence-electron chi connectivity index (χ3n) is 1.22. The van der Waals surface area contributed by atoms with Crippen molar-refractivity contribution in [3.05, 3.63) is 0 Å². The molecular formula is C7H11Cl. The lowest BCUT2D eigenvalue weighted by Gasteiger charge is -2.07. The van der Waals surface area contributed by atoms with Gasteiger partial charge in [0.25, 0.3) is 0 Å². The maximum atomic E-state index is 5.71. The van der Waals surface area contributed by atoms with Crippen molar-refractivity contribution in [1.82, 2.24) is 0 Å². The van der Waals surface area contributed by atoms with E-state index in [0.717, 1.165) is 6.42 Å². The first-order valence-corrected chi connectivity index (χ1v) is 3.19. The molecule has 0 spiro atoms. The van der Waals surface area contributed by atoms with E-state index < -0.39 is 0 Å². The summed E-state index contributed by atoms with van der Waals surface area (Å²) in [5.74, 6) is 3.01. The minimum absolute atomic E-state index is 0.200. The molecule has 2 atom stereocenters. The van der Waals surface area contributed by atoms with Gasteiger partial charge in [-0.2, -0.15) is 0 Å². The van der Waals surface area contributed by atoms with Gasteiger partial charge < -0.3 is 0 Å². The topological polar surface area (TPSA) is 0 Å². The molecular weight excluding hydrogens is 120 g/mol. The molecule has 0 aromatic heterocycles. The second kappa shape index (κ2) is 3.80. The van der Waals surface area contributed by atoms with Gasteiger partial charge in [0, 0.05) is 11.8 Å². The Bertz CT molecular complexity index is 89.1. The van der Waals surface area contributed by atoms with Crippen LogP contribution in [0.5, 0.6) is 0 Å².